The minimum Gasteiger partial charge on any atom is -0.507 e. The van der Waals surface area contributed by atoms with Gasteiger partial charge in [0.2, 0.25) is 0 Å². The van der Waals surface area contributed by atoms with Gasteiger partial charge in [-0.15, -0.1) is 0 Å². The summed E-state index contributed by atoms with van der Waals surface area (Å²) >= 11 is 12.1. The van der Waals surface area contributed by atoms with Crippen LogP contribution in [-0.2, 0) is 16.0 Å². The third-order valence-corrected chi connectivity index (χ3v) is 6.64. The van der Waals surface area contributed by atoms with Crippen LogP contribution in [-0.4, -0.2) is 33.2 Å². The second-order valence-corrected chi connectivity index (χ2v) is 9.03. The Bertz CT molecular complexity index is 1420. The Hall–Kier alpha value is -3.54. The van der Waals surface area contributed by atoms with E-state index in [1.165, 1.54) is 4.90 Å². The van der Waals surface area contributed by atoms with Gasteiger partial charge in [-0.25, -0.2) is 0 Å². The lowest BCUT2D eigenvalue weighted by atomic mass is 9.95. The average molecular weight is 491 g/mol. The molecule has 2 heterocycles. The highest BCUT2D eigenvalue weighted by Gasteiger charge is 2.45. The summed E-state index contributed by atoms with van der Waals surface area (Å²) in [6.07, 6.45) is 2.47. The van der Waals surface area contributed by atoms with E-state index >= 15 is 0 Å². The predicted molar refractivity (Wildman–Crippen MR) is 134 cm³/mol. The number of hydrogen-bond acceptors (Lipinski definition) is 3. The molecule has 170 valence electrons. The number of rotatable bonds is 5. The van der Waals surface area contributed by atoms with Gasteiger partial charge < -0.3 is 15.0 Å². The summed E-state index contributed by atoms with van der Waals surface area (Å²) in [5, 5.41) is 13.2. The van der Waals surface area contributed by atoms with Gasteiger partial charge in [-0.2, -0.15) is 0 Å². The van der Waals surface area contributed by atoms with Crippen molar-refractivity contribution in [2.45, 2.75) is 12.5 Å². The molecular weight excluding hydrogens is 471 g/mol. The van der Waals surface area contributed by atoms with Crippen LogP contribution in [0.1, 0.15) is 22.7 Å². The molecule has 2 N–H and O–H groups in total. The number of aromatic nitrogens is 1. The lowest BCUT2D eigenvalue weighted by molar-refractivity contribution is -0.139. The van der Waals surface area contributed by atoms with E-state index in [9.17, 15) is 14.7 Å². The van der Waals surface area contributed by atoms with Crippen LogP contribution in [0.5, 0.6) is 0 Å². The molecule has 5 rings (SSSR count). The maximum atomic E-state index is 13.2. The van der Waals surface area contributed by atoms with Crippen LogP contribution in [0.3, 0.4) is 0 Å². The summed E-state index contributed by atoms with van der Waals surface area (Å²) in [4.78, 5) is 31.1. The van der Waals surface area contributed by atoms with Crippen molar-refractivity contribution < 1.29 is 14.7 Å². The Labute approximate surface area is 206 Å². The third kappa shape index (κ3) is 3.98. The molecule has 1 atom stereocenters. The SMILES string of the molecule is O=C1C(=O)N(CCc2c[nH]c3ccccc23)C(c2ccc(Cl)cc2)/C1=C(/O)c1ccc(Cl)cc1. The van der Waals surface area contributed by atoms with E-state index in [2.05, 4.69) is 4.98 Å². The molecule has 4 aromatic rings. The number of nitrogens with one attached hydrogen (secondary N) is 1. The van der Waals surface area contributed by atoms with Crippen molar-refractivity contribution in [3.63, 3.8) is 0 Å². The number of aromatic amines is 1. The molecule has 0 saturated carbocycles. The molecule has 7 heteroatoms. The number of hydrogen-bond donors (Lipinski definition) is 2. The number of aliphatic hydroxyl groups excluding tert-OH is 1. The normalized spacial score (nSPS) is 17.6. The molecule has 5 nitrogen and oxygen atoms in total. The number of benzene rings is 3. The van der Waals surface area contributed by atoms with Crippen LogP contribution in [0, 0.1) is 0 Å². The molecule has 1 unspecified atom stereocenters. The largest absolute Gasteiger partial charge is 0.507 e. The van der Waals surface area contributed by atoms with Gasteiger partial charge in [0.05, 0.1) is 11.6 Å². The Morgan fingerprint density at radius 2 is 1.56 bits per heavy atom. The van der Waals surface area contributed by atoms with Crippen LogP contribution < -0.4 is 0 Å². The lowest BCUT2D eigenvalue weighted by Gasteiger charge is -2.25. The van der Waals surface area contributed by atoms with Gasteiger partial charge in [0.25, 0.3) is 11.7 Å². The van der Waals surface area contributed by atoms with E-state index in [1.807, 2.05) is 30.5 Å². The Balaban J connectivity index is 1.56. The van der Waals surface area contributed by atoms with Crippen molar-refractivity contribution in [1.29, 1.82) is 0 Å². The standard InChI is InChI=1S/C27H20Cl2N2O3/c28-19-9-5-16(6-10-19)24-23(25(32)17-7-11-20(29)12-8-17)26(33)27(34)31(24)14-13-18-15-30-22-4-2-1-3-21(18)22/h1-12,15,24,30,32H,13-14H2/b25-23-. The molecule has 1 aromatic heterocycles. The fourth-order valence-corrected chi connectivity index (χ4v) is 4.70. The highest BCUT2D eigenvalue weighted by Crippen LogP contribution is 2.40. The van der Waals surface area contributed by atoms with Crippen molar-refractivity contribution >= 4 is 51.6 Å². The quantitative estimate of drug-likeness (QED) is 0.200. The summed E-state index contributed by atoms with van der Waals surface area (Å²) < 4.78 is 0. The zero-order chi connectivity index (χ0) is 23.8. The zero-order valence-electron chi connectivity index (χ0n) is 18.0. The number of H-pyrrole nitrogens is 1. The van der Waals surface area contributed by atoms with Gasteiger partial charge in [0.1, 0.15) is 5.76 Å². The molecule has 0 spiro atoms. The maximum Gasteiger partial charge on any atom is 0.295 e. The van der Waals surface area contributed by atoms with E-state index in [-0.39, 0.29) is 11.3 Å². The van der Waals surface area contributed by atoms with Crippen molar-refractivity contribution in [2.24, 2.45) is 0 Å². The first-order valence-corrected chi connectivity index (χ1v) is 11.5. The number of likely N-dealkylation sites (tertiary alicyclic amines) is 1. The van der Waals surface area contributed by atoms with Gasteiger partial charge in [-0.1, -0.05) is 53.5 Å². The Morgan fingerprint density at radius 3 is 2.26 bits per heavy atom. The van der Waals surface area contributed by atoms with Crippen molar-refractivity contribution in [3.05, 3.63) is 111 Å². The molecule has 0 radical (unpaired) electrons. The molecule has 1 saturated heterocycles. The minimum atomic E-state index is -0.738. The zero-order valence-corrected chi connectivity index (χ0v) is 19.5. The van der Waals surface area contributed by atoms with Gasteiger partial charge in [-0.3, -0.25) is 9.59 Å². The molecule has 3 aromatic carbocycles. The molecule has 1 fully saturated rings. The topological polar surface area (TPSA) is 73.4 Å². The second kappa shape index (κ2) is 9.01. The van der Waals surface area contributed by atoms with Crippen LogP contribution >= 0.6 is 23.2 Å². The van der Waals surface area contributed by atoms with Crippen LogP contribution in [0.4, 0.5) is 0 Å². The number of halogens is 2. The number of amides is 1. The summed E-state index contributed by atoms with van der Waals surface area (Å²) in [5.41, 5.74) is 3.21. The monoisotopic (exact) mass is 490 g/mol. The first-order chi connectivity index (χ1) is 16.4. The maximum absolute atomic E-state index is 13.2. The van der Waals surface area contributed by atoms with Gasteiger partial charge in [0, 0.05) is 39.3 Å². The fourth-order valence-electron chi connectivity index (χ4n) is 4.44. The number of ketones is 1. The van der Waals surface area contributed by atoms with E-state index in [4.69, 9.17) is 23.2 Å². The fraction of sp³-hybridized carbons (Fsp3) is 0.111. The van der Waals surface area contributed by atoms with Crippen molar-refractivity contribution in [3.8, 4) is 0 Å². The first-order valence-electron chi connectivity index (χ1n) is 10.8. The molecular formula is C27H20Cl2N2O3. The van der Waals surface area contributed by atoms with E-state index < -0.39 is 17.7 Å². The number of aliphatic hydroxyl groups is 1. The molecule has 1 aliphatic rings. The minimum absolute atomic E-state index is 0.0496. The molecule has 0 aliphatic carbocycles. The molecule has 0 bridgehead atoms. The third-order valence-electron chi connectivity index (χ3n) is 6.14. The number of carbonyl (C=O) groups is 2. The van der Waals surface area contributed by atoms with E-state index in [1.54, 1.807) is 48.5 Å². The Kier molecular flexibility index (Phi) is 5.90. The second-order valence-electron chi connectivity index (χ2n) is 8.16. The predicted octanol–water partition coefficient (Wildman–Crippen LogP) is 6.14. The van der Waals surface area contributed by atoms with Crippen LogP contribution in [0.25, 0.3) is 16.7 Å². The van der Waals surface area contributed by atoms with E-state index in [0.717, 1.165) is 16.5 Å². The van der Waals surface area contributed by atoms with Crippen LogP contribution in [0.15, 0.2) is 84.6 Å². The molecule has 1 amide bonds. The number of nitrogens with zero attached hydrogens (tertiary/aromatic N) is 1. The van der Waals surface area contributed by atoms with E-state index in [0.29, 0.717) is 34.1 Å². The van der Waals surface area contributed by atoms with Gasteiger partial charge in [-0.05, 0) is 60.0 Å². The summed E-state index contributed by atoms with van der Waals surface area (Å²) in [6.45, 7) is 0.303. The molecule has 1 aliphatic heterocycles. The summed E-state index contributed by atoms with van der Waals surface area (Å²) in [5.74, 6) is -1.59. The summed E-state index contributed by atoms with van der Waals surface area (Å²) in [6, 6.07) is 20.6. The summed E-state index contributed by atoms with van der Waals surface area (Å²) in [7, 11) is 0. The first kappa shape index (κ1) is 22.3. The number of carbonyl (C=O) groups excluding carboxylic acids is 2. The highest BCUT2D eigenvalue weighted by molar-refractivity contribution is 6.46. The van der Waals surface area contributed by atoms with Crippen LogP contribution in [0.2, 0.25) is 10.0 Å². The van der Waals surface area contributed by atoms with Crippen molar-refractivity contribution in [2.75, 3.05) is 6.54 Å². The number of Topliss-reactive ketones (excluding diaryl/α,β-unsaturated/α-hetero) is 1. The Morgan fingerprint density at radius 1 is 0.912 bits per heavy atom. The van der Waals surface area contributed by atoms with Gasteiger partial charge in [0.15, 0.2) is 0 Å². The van der Waals surface area contributed by atoms with Crippen molar-refractivity contribution in [1.82, 2.24) is 9.88 Å². The average Bonchev–Trinajstić information content (AvgIpc) is 3.37. The number of para-hydroxylation sites is 1. The lowest BCUT2D eigenvalue weighted by Crippen LogP contribution is -2.31. The highest BCUT2D eigenvalue weighted by atomic mass is 35.5. The molecule has 34 heavy (non-hydrogen) atoms. The van der Waals surface area contributed by atoms with Gasteiger partial charge >= 0.3 is 0 Å². The number of fused-ring (bicyclic) bond motifs is 1. The smallest absolute Gasteiger partial charge is 0.295 e.